The summed E-state index contributed by atoms with van der Waals surface area (Å²) in [5, 5.41) is 6.45. The second kappa shape index (κ2) is 16.4. The van der Waals surface area contributed by atoms with Gasteiger partial charge in [0.25, 0.3) is 0 Å². The normalized spacial score (nSPS) is 21.2. The van der Waals surface area contributed by atoms with Crippen LogP contribution in [-0.2, 0) is 41.0 Å². The molecule has 3 unspecified atom stereocenters. The summed E-state index contributed by atoms with van der Waals surface area (Å²) in [7, 11) is -0.565. The molecule has 13 nitrogen and oxygen atoms in total. The number of amides is 2. The number of ether oxygens (including phenoxy) is 2. The van der Waals surface area contributed by atoms with Gasteiger partial charge in [0.15, 0.2) is 17.9 Å². The predicted molar refractivity (Wildman–Crippen MR) is 192 cm³/mol. The van der Waals surface area contributed by atoms with Gasteiger partial charge in [-0.1, -0.05) is 54.0 Å². The fourth-order valence-corrected chi connectivity index (χ4v) is 6.38. The molecule has 2 amide bonds. The number of hydrogen-bond acceptors (Lipinski definition) is 9. The van der Waals surface area contributed by atoms with Crippen LogP contribution in [0.2, 0.25) is 6.32 Å². The minimum Gasteiger partial charge on any atom is -0.457 e. The molecule has 1 N–H and O–H groups in total. The Morgan fingerprint density at radius 2 is 1.63 bits per heavy atom. The first kappa shape index (κ1) is 42.2. The number of esters is 1. The van der Waals surface area contributed by atoms with Gasteiger partial charge in [-0.15, -0.1) is 0 Å². The van der Waals surface area contributed by atoms with Crippen molar-refractivity contribution in [1.82, 2.24) is 10.2 Å². The third-order valence-corrected chi connectivity index (χ3v) is 9.87. The molecular formula is C37H47BF3N5O8. The van der Waals surface area contributed by atoms with E-state index in [0.717, 1.165) is 12.1 Å². The van der Waals surface area contributed by atoms with Gasteiger partial charge in [0.1, 0.15) is 11.6 Å². The molecule has 2 aromatic carbocycles. The number of benzene rings is 2. The molecule has 0 aromatic heterocycles. The molecule has 0 aliphatic carbocycles. The van der Waals surface area contributed by atoms with Crippen molar-refractivity contribution in [2.45, 2.75) is 109 Å². The highest BCUT2D eigenvalue weighted by Crippen LogP contribution is 2.41. The largest absolute Gasteiger partial charge is 0.457 e. The molecule has 292 valence electrons. The molecule has 0 spiro atoms. The van der Waals surface area contributed by atoms with Crippen LogP contribution >= 0.6 is 0 Å². The van der Waals surface area contributed by atoms with Crippen molar-refractivity contribution in [2.75, 3.05) is 19.7 Å². The minimum atomic E-state index is -4.58. The number of carbonyl (C=O) groups excluding carboxylic acids is 4. The summed E-state index contributed by atoms with van der Waals surface area (Å²) in [5.74, 6) is -3.03. The molecule has 2 fully saturated rings. The van der Waals surface area contributed by atoms with Crippen LogP contribution in [0, 0.1) is 5.92 Å². The van der Waals surface area contributed by atoms with E-state index in [2.05, 4.69) is 15.3 Å². The summed E-state index contributed by atoms with van der Waals surface area (Å²) in [6.07, 6.45) is -4.72. The Morgan fingerprint density at radius 1 is 1.02 bits per heavy atom. The van der Waals surface area contributed by atoms with Crippen LogP contribution in [0.15, 0.2) is 59.7 Å². The first-order valence-corrected chi connectivity index (χ1v) is 17.7. The predicted octanol–water partition coefficient (Wildman–Crippen LogP) is 6.95. The monoisotopic (exact) mass is 757 g/mol. The van der Waals surface area contributed by atoms with Gasteiger partial charge in [0.05, 0.1) is 16.8 Å². The van der Waals surface area contributed by atoms with E-state index >= 15 is 0 Å². The molecule has 2 aliphatic heterocycles. The summed E-state index contributed by atoms with van der Waals surface area (Å²) in [5.41, 5.74) is 5.38. The van der Waals surface area contributed by atoms with Crippen LogP contribution in [0.3, 0.4) is 0 Å². The SMILES string of the molecule is CC(C)(C)OC(=O)NC(Cc1ccc(C(F)(F)F)cc1)C(=O)N1CC(CCCB2OC(C)(C)C(C)(C)O2)C(N=[N+]=[N-])(C(=O)OCC(=O)c2ccccc2)C1. The second-order valence-corrected chi connectivity index (χ2v) is 15.6. The number of nitrogens with zero attached hydrogens (tertiary/aromatic N) is 4. The Bertz CT molecular complexity index is 1710. The number of likely N-dealkylation sites (tertiary alicyclic amines) is 1. The van der Waals surface area contributed by atoms with Crippen LogP contribution in [0.25, 0.3) is 10.4 Å². The Labute approximate surface area is 313 Å². The molecule has 2 saturated heterocycles. The lowest BCUT2D eigenvalue weighted by molar-refractivity contribution is -0.150. The number of ketones is 1. The van der Waals surface area contributed by atoms with Crippen molar-refractivity contribution in [3.63, 3.8) is 0 Å². The van der Waals surface area contributed by atoms with Crippen molar-refractivity contribution in [1.29, 1.82) is 0 Å². The van der Waals surface area contributed by atoms with Crippen LogP contribution in [0.4, 0.5) is 18.0 Å². The van der Waals surface area contributed by atoms with E-state index in [9.17, 15) is 37.9 Å². The Hall–Kier alpha value is -4.60. The third kappa shape index (κ3) is 10.3. The van der Waals surface area contributed by atoms with Gasteiger partial charge in [0.2, 0.25) is 5.91 Å². The second-order valence-electron chi connectivity index (χ2n) is 15.6. The number of Topliss-reactive ketones (excluding diaryl/α,β-unsaturated/α-hetero) is 1. The van der Waals surface area contributed by atoms with Gasteiger partial charge < -0.3 is 29.0 Å². The minimum absolute atomic E-state index is 0.123. The maximum atomic E-state index is 14.3. The lowest BCUT2D eigenvalue weighted by Crippen LogP contribution is -2.52. The maximum absolute atomic E-state index is 14.3. The Kier molecular flexibility index (Phi) is 12.8. The number of halogens is 3. The standard InChI is InChI=1S/C37H47BF3N5O8/c1-33(2,3)52-32(50)43-28(20-24-15-17-26(18-16-24)37(39,40)41)30(48)46-21-27(14-11-19-38-53-34(4,5)35(6,7)54-38)36(23-46,44-45-42)31(49)51-22-29(47)25-12-9-8-10-13-25/h8-10,12-13,15-18,27-28H,11,14,19-23H2,1-7H3,(H,43,50). The molecular weight excluding hydrogens is 710 g/mol. The number of alkyl halides is 3. The van der Waals surface area contributed by atoms with Crippen molar-refractivity contribution in [3.05, 3.63) is 81.7 Å². The highest BCUT2D eigenvalue weighted by molar-refractivity contribution is 6.45. The highest BCUT2D eigenvalue weighted by Gasteiger charge is 2.55. The molecule has 0 bridgehead atoms. The molecule has 2 aromatic rings. The summed E-state index contributed by atoms with van der Waals surface area (Å²) < 4.78 is 62.9. The molecule has 17 heteroatoms. The Balaban J connectivity index is 1.62. The van der Waals surface area contributed by atoms with E-state index in [1.165, 1.54) is 17.0 Å². The van der Waals surface area contributed by atoms with Gasteiger partial charge in [-0.3, -0.25) is 14.4 Å². The van der Waals surface area contributed by atoms with E-state index in [0.29, 0.717) is 23.9 Å². The van der Waals surface area contributed by atoms with Crippen LogP contribution < -0.4 is 5.32 Å². The molecule has 2 aliphatic rings. The molecule has 0 radical (unpaired) electrons. The summed E-state index contributed by atoms with van der Waals surface area (Å²) >= 11 is 0. The zero-order valence-electron chi connectivity index (χ0n) is 31.6. The van der Waals surface area contributed by atoms with E-state index in [1.54, 1.807) is 51.1 Å². The molecule has 4 rings (SSSR count). The zero-order chi connectivity index (χ0) is 40.1. The fraction of sp³-hybridized carbons (Fsp3) is 0.568. The van der Waals surface area contributed by atoms with Gasteiger partial charge in [-0.25, -0.2) is 4.79 Å². The molecule has 3 atom stereocenters. The fourth-order valence-electron chi connectivity index (χ4n) is 6.38. The lowest BCUT2D eigenvalue weighted by atomic mass is 9.78. The van der Waals surface area contributed by atoms with E-state index in [1.807, 2.05) is 27.7 Å². The number of rotatable bonds is 13. The van der Waals surface area contributed by atoms with E-state index in [-0.39, 0.29) is 19.4 Å². The summed E-state index contributed by atoms with van der Waals surface area (Å²) in [6.45, 7) is 11.3. The van der Waals surface area contributed by atoms with Gasteiger partial charge in [-0.2, -0.15) is 13.2 Å². The number of carbonyl (C=O) groups is 4. The van der Waals surface area contributed by atoms with Gasteiger partial charge in [-0.05, 0) is 84.4 Å². The number of alkyl carbamates (subject to hydrolysis) is 1. The van der Waals surface area contributed by atoms with Crippen molar-refractivity contribution >= 4 is 30.9 Å². The first-order chi connectivity index (χ1) is 25.1. The smallest absolute Gasteiger partial charge is 0.457 e. The molecule has 0 saturated carbocycles. The third-order valence-electron chi connectivity index (χ3n) is 9.87. The first-order valence-electron chi connectivity index (χ1n) is 17.7. The van der Waals surface area contributed by atoms with E-state index in [4.69, 9.17) is 18.8 Å². The topological polar surface area (TPSA) is 169 Å². The van der Waals surface area contributed by atoms with E-state index < -0.39 is 90.1 Å². The van der Waals surface area contributed by atoms with Crippen LogP contribution in [-0.4, -0.2) is 83.9 Å². The average Bonchev–Trinajstić information content (AvgIpc) is 3.54. The maximum Gasteiger partial charge on any atom is 0.457 e. The van der Waals surface area contributed by atoms with Crippen LogP contribution in [0.5, 0.6) is 0 Å². The number of nitrogens with one attached hydrogen (secondary N) is 1. The van der Waals surface area contributed by atoms with Gasteiger partial charge >= 0.3 is 25.4 Å². The number of hydrogen-bond donors (Lipinski definition) is 1. The molecule has 2 heterocycles. The van der Waals surface area contributed by atoms with Gasteiger partial charge in [0, 0.05) is 35.9 Å². The van der Waals surface area contributed by atoms with Crippen molar-refractivity contribution in [2.24, 2.45) is 11.0 Å². The Morgan fingerprint density at radius 3 is 2.19 bits per heavy atom. The number of azide groups is 1. The average molecular weight is 758 g/mol. The summed E-state index contributed by atoms with van der Waals surface area (Å²) in [6, 6.07) is 10.9. The lowest BCUT2D eigenvalue weighted by Gasteiger charge is -2.32. The molecule has 54 heavy (non-hydrogen) atoms. The quantitative estimate of drug-likeness (QED) is 0.0572. The van der Waals surface area contributed by atoms with Crippen molar-refractivity contribution < 1.29 is 51.1 Å². The van der Waals surface area contributed by atoms with Crippen LogP contribution in [0.1, 0.15) is 82.8 Å². The summed E-state index contributed by atoms with van der Waals surface area (Å²) in [4.78, 5) is 58.3. The highest BCUT2D eigenvalue weighted by atomic mass is 19.4. The zero-order valence-corrected chi connectivity index (χ0v) is 31.6. The van der Waals surface area contributed by atoms with Crippen molar-refractivity contribution in [3.8, 4) is 0 Å².